The number of para-hydroxylation sites is 1. The molecule has 2 saturated heterocycles. The molecule has 2 aliphatic heterocycles. The summed E-state index contributed by atoms with van der Waals surface area (Å²) in [5.41, 5.74) is 0.894. The third-order valence-electron chi connectivity index (χ3n) is 7.43. The number of likely N-dealkylation sites (tertiary alicyclic amines) is 1. The van der Waals surface area contributed by atoms with Crippen molar-refractivity contribution in [2.24, 2.45) is 5.92 Å². The molecule has 0 saturated carbocycles. The van der Waals surface area contributed by atoms with Crippen molar-refractivity contribution in [2.45, 2.75) is 25.9 Å². The average molecular weight is 554 g/mol. The monoisotopic (exact) mass is 553 g/mol. The van der Waals surface area contributed by atoms with E-state index < -0.39 is 11.9 Å². The van der Waals surface area contributed by atoms with Gasteiger partial charge in [0.2, 0.25) is 11.8 Å². The molecule has 2 fully saturated rings. The molecular weight excluding hydrogens is 523 g/mol. The molecule has 3 aromatic rings. The van der Waals surface area contributed by atoms with Crippen molar-refractivity contribution in [1.29, 1.82) is 0 Å². The summed E-state index contributed by atoms with van der Waals surface area (Å²) in [5.74, 6) is -0.727. The van der Waals surface area contributed by atoms with Crippen LogP contribution in [0.3, 0.4) is 0 Å². The summed E-state index contributed by atoms with van der Waals surface area (Å²) in [6.45, 7) is 3.84. The van der Waals surface area contributed by atoms with Gasteiger partial charge in [0, 0.05) is 68.5 Å². The number of nitrogens with one attached hydrogen (secondary N) is 1. The minimum atomic E-state index is -4.56. The number of pyridine rings is 1. The summed E-state index contributed by atoms with van der Waals surface area (Å²) in [5, 5.41) is 3.31. The smallest absolute Gasteiger partial charge is 0.367 e. The van der Waals surface area contributed by atoms with Gasteiger partial charge in [-0.3, -0.25) is 14.4 Å². The van der Waals surface area contributed by atoms with Crippen molar-refractivity contribution in [3.8, 4) is 0 Å². The molecule has 40 heavy (non-hydrogen) atoms. The first-order valence-electron chi connectivity index (χ1n) is 13.3. The van der Waals surface area contributed by atoms with Crippen molar-refractivity contribution < 1.29 is 27.6 Å². The number of amides is 3. The zero-order chi connectivity index (χ0) is 28.4. The third-order valence-corrected chi connectivity index (χ3v) is 7.43. The van der Waals surface area contributed by atoms with Crippen LogP contribution in [0.4, 0.5) is 24.5 Å². The maximum absolute atomic E-state index is 13.5. The van der Waals surface area contributed by atoms with E-state index >= 15 is 0 Å². The number of piperazine rings is 1. The summed E-state index contributed by atoms with van der Waals surface area (Å²) < 4.78 is 40.6. The third kappa shape index (κ3) is 5.88. The highest BCUT2D eigenvalue weighted by atomic mass is 19.4. The number of aromatic nitrogens is 1. The van der Waals surface area contributed by atoms with Crippen LogP contribution >= 0.6 is 0 Å². The summed E-state index contributed by atoms with van der Waals surface area (Å²) in [6.07, 6.45) is -3.18. The fourth-order valence-corrected chi connectivity index (χ4v) is 5.43. The van der Waals surface area contributed by atoms with Crippen LogP contribution in [0.5, 0.6) is 0 Å². The quantitative estimate of drug-likeness (QED) is 0.517. The first-order chi connectivity index (χ1) is 19.1. The Hall–Kier alpha value is -4.15. The van der Waals surface area contributed by atoms with E-state index in [4.69, 9.17) is 0 Å². The molecule has 0 spiro atoms. The average Bonchev–Trinajstić information content (AvgIpc) is 2.95. The lowest BCUT2D eigenvalue weighted by molar-refractivity contribution is -0.141. The van der Waals surface area contributed by atoms with Gasteiger partial charge in [-0.2, -0.15) is 13.2 Å². The van der Waals surface area contributed by atoms with Gasteiger partial charge in [0.1, 0.15) is 5.69 Å². The fraction of sp³-hybridized carbons (Fsp3) is 0.379. The Labute approximate surface area is 229 Å². The number of benzene rings is 2. The van der Waals surface area contributed by atoms with Gasteiger partial charge in [-0.1, -0.05) is 18.2 Å². The van der Waals surface area contributed by atoms with Crippen LogP contribution in [-0.4, -0.2) is 71.8 Å². The molecule has 2 aromatic carbocycles. The molecule has 210 valence electrons. The number of hydrogen-bond donors (Lipinski definition) is 1. The van der Waals surface area contributed by atoms with E-state index in [2.05, 4.69) is 10.3 Å². The van der Waals surface area contributed by atoms with E-state index in [1.54, 1.807) is 58.3 Å². The lowest BCUT2D eigenvalue weighted by atomic mass is 9.95. The van der Waals surface area contributed by atoms with Crippen LogP contribution in [0.25, 0.3) is 10.9 Å². The van der Waals surface area contributed by atoms with E-state index in [-0.39, 0.29) is 29.2 Å². The Morgan fingerprint density at radius 3 is 2.30 bits per heavy atom. The summed E-state index contributed by atoms with van der Waals surface area (Å²) >= 11 is 0. The molecule has 1 N–H and O–H groups in total. The Kier molecular flexibility index (Phi) is 7.64. The molecule has 3 heterocycles. The maximum Gasteiger partial charge on any atom is 0.433 e. The van der Waals surface area contributed by atoms with E-state index in [1.165, 1.54) is 6.92 Å². The number of carbonyl (C=O) groups is 3. The largest absolute Gasteiger partial charge is 0.433 e. The number of alkyl halides is 3. The molecule has 0 radical (unpaired) electrons. The minimum Gasteiger partial charge on any atom is -0.367 e. The summed E-state index contributed by atoms with van der Waals surface area (Å²) in [6, 6.07) is 14.5. The number of carbonyl (C=O) groups excluding carboxylic acids is 3. The number of hydrogen-bond acceptors (Lipinski definition) is 5. The van der Waals surface area contributed by atoms with Crippen molar-refractivity contribution in [1.82, 2.24) is 14.8 Å². The minimum absolute atomic E-state index is 0.0336. The number of piperidine rings is 1. The predicted octanol–water partition coefficient (Wildman–Crippen LogP) is 4.41. The topological polar surface area (TPSA) is 85.8 Å². The zero-order valence-electron chi connectivity index (χ0n) is 22.1. The van der Waals surface area contributed by atoms with Crippen LogP contribution in [0.2, 0.25) is 0 Å². The second kappa shape index (κ2) is 11.1. The van der Waals surface area contributed by atoms with Crippen molar-refractivity contribution in [3.63, 3.8) is 0 Å². The van der Waals surface area contributed by atoms with Crippen molar-refractivity contribution >= 4 is 40.0 Å². The van der Waals surface area contributed by atoms with Crippen LogP contribution in [0.15, 0.2) is 54.6 Å². The Bertz CT molecular complexity index is 1420. The number of anilines is 2. The van der Waals surface area contributed by atoms with Crippen LogP contribution in [0.1, 0.15) is 35.8 Å². The van der Waals surface area contributed by atoms with Gasteiger partial charge in [-0.05, 0) is 49.2 Å². The number of rotatable bonds is 4. The molecule has 2 aliphatic rings. The van der Waals surface area contributed by atoms with E-state index in [0.29, 0.717) is 74.4 Å². The van der Waals surface area contributed by atoms with Gasteiger partial charge in [0.25, 0.3) is 5.91 Å². The zero-order valence-corrected chi connectivity index (χ0v) is 22.1. The van der Waals surface area contributed by atoms with Gasteiger partial charge < -0.3 is 20.0 Å². The van der Waals surface area contributed by atoms with Crippen LogP contribution < -0.4 is 10.2 Å². The summed E-state index contributed by atoms with van der Waals surface area (Å²) in [4.78, 5) is 46.9. The number of nitrogens with zero attached hydrogens (tertiary/aromatic N) is 4. The highest BCUT2D eigenvalue weighted by molar-refractivity contribution is 5.96. The highest BCUT2D eigenvalue weighted by Crippen LogP contribution is 2.35. The van der Waals surface area contributed by atoms with Crippen LogP contribution in [-0.2, 0) is 15.8 Å². The standard InChI is InChI=1S/C29H30F3N5O3/c1-19(38)33-22-10-8-20(9-11-22)27(39)37-12-4-5-21(18-37)28(40)36-15-13-35(14-16-36)25-17-26(29(30,31)32)34-24-7-3-2-6-23(24)25/h2-3,6-11,17,21H,4-5,12-16,18H2,1H3,(H,33,38). The fourth-order valence-electron chi connectivity index (χ4n) is 5.43. The molecule has 1 aromatic heterocycles. The molecule has 1 unspecified atom stereocenters. The second-order valence-corrected chi connectivity index (χ2v) is 10.2. The number of halogens is 3. The van der Waals surface area contributed by atoms with Gasteiger partial charge >= 0.3 is 6.18 Å². The maximum atomic E-state index is 13.5. The lowest BCUT2D eigenvalue weighted by Crippen LogP contribution is -2.53. The molecule has 3 amide bonds. The molecule has 11 heteroatoms. The van der Waals surface area contributed by atoms with Crippen LogP contribution in [0, 0.1) is 5.92 Å². The van der Waals surface area contributed by atoms with Gasteiger partial charge in [0.15, 0.2) is 0 Å². The van der Waals surface area contributed by atoms with Crippen molar-refractivity contribution in [2.75, 3.05) is 49.5 Å². The van der Waals surface area contributed by atoms with Gasteiger partial charge in [-0.25, -0.2) is 4.98 Å². The van der Waals surface area contributed by atoms with Crippen molar-refractivity contribution in [3.05, 3.63) is 65.9 Å². The van der Waals surface area contributed by atoms with E-state index in [0.717, 1.165) is 6.07 Å². The Morgan fingerprint density at radius 2 is 1.62 bits per heavy atom. The molecular formula is C29H30F3N5O3. The first-order valence-corrected chi connectivity index (χ1v) is 13.3. The first kappa shape index (κ1) is 27.4. The number of fused-ring (bicyclic) bond motifs is 1. The second-order valence-electron chi connectivity index (χ2n) is 10.2. The molecule has 0 bridgehead atoms. The summed E-state index contributed by atoms with van der Waals surface area (Å²) in [7, 11) is 0. The normalized spacial score (nSPS) is 18.1. The Morgan fingerprint density at radius 1 is 0.925 bits per heavy atom. The molecule has 0 aliphatic carbocycles. The van der Waals surface area contributed by atoms with Gasteiger partial charge in [-0.15, -0.1) is 0 Å². The van der Waals surface area contributed by atoms with E-state index in [9.17, 15) is 27.6 Å². The molecule has 1 atom stereocenters. The lowest BCUT2D eigenvalue weighted by Gasteiger charge is -2.40. The Balaban J connectivity index is 1.23. The van der Waals surface area contributed by atoms with Gasteiger partial charge in [0.05, 0.1) is 11.4 Å². The highest BCUT2D eigenvalue weighted by Gasteiger charge is 2.36. The van der Waals surface area contributed by atoms with E-state index in [1.807, 2.05) is 4.90 Å². The molecule has 5 rings (SSSR count). The SMILES string of the molecule is CC(=O)Nc1ccc(C(=O)N2CCCC(C(=O)N3CCN(c4cc(C(F)(F)F)nc5ccccc45)CC3)C2)cc1. The predicted molar refractivity (Wildman–Crippen MR) is 145 cm³/mol. The molecule has 8 nitrogen and oxygen atoms in total.